The first kappa shape index (κ1) is 17.7. The van der Waals surface area contributed by atoms with Crippen LogP contribution in [0.2, 0.25) is 0 Å². The van der Waals surface area contributed by atoms with E-state index in [0.717, 1.165) is 13.0 Å². The zero-order chi connectivity index (χ0) is 18.4. The Balaban J connectivity index is 1.71. The first-order valence-electron chi connectivity index (χ1n) is 8.57. The molecule has 3 rings (SSSR count). The van der Waals surface area contributed by atoms with Gasteiger partial charge >= 0.3 is 0 Å². The van der Waals surface area contributed by atoms with Crippen LogP contribution in [0.4, 0.5) is 11.4 Å². The van der Waals surface area contributed by atoms with Crippen LogP contribution in [0.1, 0.15) is 20.3 Å². The van der Waals surface area contributed by atoms with Crippen LogP contribution < -0.4 is 4.90 Å². The molecule has 0 unspecified atom stereocenters. The van der Waals surface area contributed by atoms with Gasteiger partial charge in [0.15, 0.2) is 0 Å². The van der Waals surface area contributed by atoms with Gasteiger partial charge in [0, 0.05) is 44.1 Å². The molecular weight excluding hydrogens is 322 g/mol. The summed E-state index contributed by atoms with van der Waals surface area (Å²) in [6.07, 6.45) is 1.21. The number of nitrogens with zero attached hydrogens (tertiary/aromatic N) is 3. The van der Waals surface area contributed by atoms with Gasteiger partial charge in [0.1, 0.15) is 5.69 Å². The Bertz CT molecular complexity index is 691. The molecule has 1 saturated heterocycles. The molecule has 1 aromatic carbocycles. The molecule has 2 aliphatic rings. The maximum Gasteiger partial charge on any atom is 0.292 e. The van der Waals surface area contributed by atoms with E-state index in [9.17, 15) is 14.9 Å². The molecule has 7 nitrogen and oxygen atoms in total. The lowest BCUT2D eigenvalue weighted by molar-refractivity contribution is -0.384. The van der Waals surface area contributed by atoms with Gasteiger partial charge in [-0.1, -0.05) is 26.0 Å². The van der Waals surface area contributed by atoms with Gasteiger partial charge < -0.3 is 14.5 Å². The minimum atomic E-state index is -0.421. The van der Waals surface area contributed by atoms with E-state index < -0.39 is 4.92 Å². The Hall–Kier alpha value is -2.15. The largest absolute Gasteiger partial charge is 0.377 e. The summed E-state index contributed by atoms with van der Waals surface area (Å²) in [6.45, 7) is 5.14. The highest BCUT2D eigenvalue weighted by molar-refractivity contribution is 5.82. The van der Waals surface area contributed by atoms with Crippen molar-refractivity contribution in [3.63, 3.8) is 0 Å². The molecule has 1 amide bonds. The molecule has 1 saturated carbocycles. The van der Waals surface area contributed by atoms with E-state index in [2.05, 4.69) is 13.8 Å². The van der Waals surface area contributed by atoms with Crippen molar-refractivity contribution >= 4 is 17.3 Å². The number of hydrogen-bond acceptors (Lipinski definition) is 5. The Morgan fingerprint density at radius 2 is 2.04 bits per heavy atom. The van der Waals surface area contributed by atoms with Gasteiger partial charge in [0.05, 0.1) is 17.6 Å². The lowest BCUT2D eigenvalue weighted by Crippen LogP contribution is -2.67. The molecule has 1 heterocycles. The fourth-order valence-corrected chi connectivity index (χ4v) is 4.58. The van der Waals surface area contributed by atoms with Gasteiger partial charge in [-0.15, -0.1) is 0 Å². The molecule has 1 aliphatic heterocycles. The lowest BCUT2D eigenvalue weighted by atomic mass is 9.57. The van der Waals surface area contributed by atoms with E-state index in [0.29, 0.717) is 11.6 Å². The van der Waals surface area contributed by atoms with Gasteiger partial charge in [-0.05, 0) is 12.5 Å². The molecule has 3 atom stereocenters. The molecule has 7 heteroatoms. The SMILES string of the molecule is CN(CC(=O)N(C)[C@@H]1[C@@H]2CCO[C@@H]2C1(C)C)c1ccccc1[N+](=O)[O-]. The summed E-state index contributed by atoms with van der Waals surface area (Å²) < 4.78 is 5.80. The smallest absolute Gasteiger partial charge is 0.292 e. The van der Waals surface area contributed by atoms with Crippen LogP contribution in [0.3, 0.4) is 0 Å². The number of anilines is 1. The number of ether oxygens (including phenoxy) is 1. The maximum absolute atomic E-state index is 12.8. The highest BCUT2D eigenvalue weighted by Gasteiger charge is 2.61. The third-order valence-electron chi connectivity index (χ3n) is 5.71. The summed E-state index contributed by atoms with van der Waals surface area (Å²) >= 11 is 0. The molecule has 1 aromatic rings. The third kappa shape index (κ3) is 2.86. The summed E-state index contributed by atoms with van der Waals surface area (Å²) in [4.78, 5) is 27.0. The first-order chi connectivity index (χ1) is 11.7. The number of amides is 1. The van der Waals surface area contributed by atoms with E-state index in [1.54, 1.807) is 35.0 Å². The van der Waals surface area contributed by atoms with Crippen molar-refractivity contribution < 1.29 is 14.5 Å². The number of rotatable bonds is 5. The average molecular weight is 347 g/mol. The van der Waals surface area contributed by atoms with Crippen molar-refractivity contribution in [3.05, 3.63) is 34.4 Å². The third-order valence-corrected chi connectivity index (χ3v) is 5.71. The van der Waals surface area contributed by atoms with E-state index in [4.69, 9.17) is 4.74 Å². The van der Waals surface area contributed by atoms with E-state index in [1.165, 1.54) is 6.07 Å². The van der Waals surface area contributed by atoms with Crippen LogP contribution in [0.5, 0.6) is 0 Å². The summed E-state index contributed by atoms with van der Waals surface area (Å²) in [5, 5.41) is 11.2. The number of nitro groups is 1. The monoisotopic (exact) mass is 347 g/mol. The highest BCUT2D eigenvalue weighted by Crippen LogP contribution is 2.54. The number of benzene rings is 1. The summed E-state index contributed by atoms with van der Waals surface area (Å²) in [7, 11) is 3.54. The van der Waals surface area contributed by atoms with Gasteiger partial charge in [0.25, 0.3) is 5.69 Å². The standard InChI is InChI=1S/C18H25N3O4/c1-18(2)16(12-9-10-25-17(12)18)20(4)15(22)11-19(3)13-7-5-6-8-14(13)21(23)24/h5-8,12,16-17H,9-11H2,1-4H3/t12-,16+,17-/m0/s1. The minimum absolute atomic E-state index is 0.00804. The summed E-state index contributed by atoms with van der Waals surface area (Å²) in [6, 6.07) is 6.63. The molecule has 1 aliphatic carbocycles. The van der Waals surface area contributed by atoms with Crippen LogP contribution in [0.15, 0.2) is 24.3 Å². The van der Waals surface area contributed by atoms with Crippen molar-refractivity contribution in [2.45, 2.75) is 32.4 Å². The molecule has 0 aromatic heterocycles. The zero-order valence-electron chi connectivity index (χ0n) is 15.1. The summed E-state index contributed by atoms with van der Waals surface area (Å²) in [5.41, 5.74) is 0.390. The van der Waals surface area contributed by atoms with Crippen LogP contribution in [0, 0.1) is 21.4 Å². The van der Waals surface area contributed by atoms with E-state index in [1.807, 2.05) is 7.05 Å². The molecule has 0 radical (unpaired) electrons. The number of fused-ring (bicyclic) bond motifs is 1. The van der Waals surface area contributed by atoms with Crippen LogP contribution in [-0.4, -0.2) is 55.1 Å². The van der Waals surface area contributed by atoms with Gasteiger partial charge in [0.2, 0.25) is 5.91 Å². The fourth-order valence-electron chi connectivity index (χ4n) is 4.58. The molecule has 0 N–H and O–H groups in total. The number of carbonyl (C=O) groups is 1. The maximum atomic E-state index is 12.8. The normalized spacial score (nSPS) is 26.5. The second kappa shape index (κ2) is 6.29. The van der Waals surface area contributed by atoms with Crippen molar-refractivity contribution in [3.8, 4) is 0 Å². The molecule has 25 heavy (non-hydrogen) atoms. The van der Waals surface area contributed by atoms with Crippen LogP contribution >= 0.6 is 0 Å². The summed E-state index contributed by atoms with van der Waals surface area (Å²) in [5.74, 6) is 0.351. The van der Waals surface area contributed by atoms with Crippen LogP contribution in [-0.2, 0) is 9.53 Å². The van der Waals surface area contributed by atoms with Gasteiger partial charge in [-0.3, -0.25) is 14.9 Å². The lowest BCUT2D eigenvalue weighted by Gasteiger charge is -2.57. The molecule has 136 valence electrons. The van der Waals surface area contributed by atoms with E-state index >= 15 is 0 Å². The van der Waals surface area contributed by atoms with Crippen LogP contribution in [0.25, 0.3) is 0 Å². The van der Waals surface area contributed by atoms with E-state index in [-0.39, 0.29) is 35.7 Å². The highest BCUT2D eigenvalue weighted by atomic mass is 16.6. The van der Waals surface area contributed by atoms with Crippen molar-refractivity contribution in [2.24, 2.45) is 11.3 Å². The fraction of sp³-hybridized carbons (Fsp3) is 0.611. The van der Waals surface area contributed by atoms with Crippen molar-refractivity contribution in [2.75, 3.05) is 32.1 Å². The Labute approximate surface area is 147 Å². The predicted octanol–water partition coefficient (Wildman–Crippen LogP) is 2.30. The van der Waals surface area contributed by atoms with Gasteiger partial charge in [-0.25, -0.2) is 0 Å². The Kier molecular flexibility index (Phi) is 4.45. The number of para-hydroxylation sites is 2. The minimum Gasteiger partial charge on any atom is -0.377 e. The first-order valence-corrected chi connectivity index (χ1v) is 8.57. The molecular formula is C18H25N3O4. The number of likely N-dealkylation sites (N-methyl/N-ethyl adjacent to an activating group) is 2. The molecule has 0 bridgehead atoms. The Morgan fingerprint density at radius 1 is 1.36 bits per heavy atom. The number of hydrogen-bond donors (Lipinski definition) is 0. The second-order valence-electron chi connectivity index (χ2n) is 7.62. The molecule has 2 fully saturated rings. The topological polar surface area (TPSA) is 75.9 Å². The quantitative estimate of drug-likeness (QED) is 0.603. The van der Waals surface area contributed by atoms with Gasteiger partial charge in [-0.2, -0.15) is 0 Å². The van der Waals surface area contributed by atoms with Crippen molar-refractivity contribution in [1.29, 1.82) is 0 Å². The number of nitro benzene ring substituents is 1. The number of carbonyl (C=O) groups excluding carboxylic acids is 1. The predicted molar refractivity (Wildman–Crippen MR) is 94.6 cm³/mol. The zero-order valence-corrected chi connectivity index (χ0v) is 15.1. The Morgan fingerprint density at radius 3 is 2.72 bits per heavy atom. The average Bonchev–Trinajstić information content (AvgIpc) is 3.00. The van der Waals surface area contributed by atoms with Crippen molar-refractivity contribution in [1.82, 2.24) is 4.90 Å². The second-order valence-corrected chi connectivity index (χ2v) is 7.62. The molecule has 0 spiro atoms.